The zero-order chi connectivity index (χ0) is 12.5. The van der Waals surface area contributed by atoms with Crippen molar-refractivity contribution < 1.29 is 0 Å². The van der Waals surface area contributed by atoms with Crippen molar-refractivity contribution in [1.29, 1.82) is 0 Å². The summed E-state index contributed by atoms with van der Waals surface area (Å²) < 4.78 is 3.84. The first-order valence-corrected chi connectivity index (χ1v) is 5.90. The van der Waals surface area contributed by atoms with E-state index >= 15 is 0 Å². The van der Waals surface area contributed by atoms with E-state index in [-0.39, 0.29) is 0 Å². The molecule has 0 atom stereocenters. The second-order valence-electron chi connectivity index (χ2n) is 4.26. The zero-order valence-electron chi connectivity index (χ0n) is 10.5. The number of hydrogen-bond donors (Lipinski definition) is 1. The fourth-order valence-corrected chi connectivity index (χ4v) is 2.08. The molecule has 18 heavy (non-hydrogen) atoms. The maximum Gasteiger partial charge on any atom is 0.232 e. The van der Waals surface area contributed by atoms with Crippen molar-refractivity contribution in [3.63, 3.8) is 0 Å². The van der Waals surface area contributed by atoms with Gasteiger partial charge in [-0.3, -0.25) is 4.57 Å². The Morgan fingerprint density at radius 3 is 2.67 bits per heavy atom. The van der Waals surface area contributed by atoms with E-state index in [1.807, 2.05) is 47.6 Å². The summed E-state index contributed by atoms with van der Waals surface area (Å²) in [4.78, 5) is 4.55. The van der Waals surface area contributed by atoms with E-state index < -0.39 is 0 Å². The molecule has 92 valence electrons. The van der Waals surface area contributed by atoms with Gasteiger partial charge in [0.25, 0.3) is 0 Å². The standard InChI is InChI=1S/C13H15N5/c1-14-8-11-9-18-13(15-11)17(2)12(16-18)10-6-4-3-5-7-10/h3-7,9,14H,8H2,1-2H3. The van der Waals surface area contributed by atoms with Crippen LogP contribution in [0.1, 0.15) is 5.69 Å². The zero-order valence-corrected chi connectivity index (χ0v) is 10.5. The smallest absolute Gasteiger partial charge is 0.232 e. The van der Waals surface area contributed by atoms with Crippen molar-refractivity contribution >= 4 is 5.78 Å². The lowest BCUT2D eigenvalue weighted by Gasteiger charge is -1.99. The maximum atomic E-state index is 4.57. The molecule has 0 fully saturated rings. The van der Waals surface area contributed by atoms with Gasteiger partial charge in [0.05, 0.1) is 11.9 Å². The molecule has 0 aliphatic rings. The summed E-state index contributed by atoms with van der Waals surface area (Å²) in [7, 11) is 3.90. The van der Waals surface area contributed by atoms with Crippen LogP contribution in [0.15, 0.2) is 36.5 Å². The van der Waals surface area contributed by atoms with Crippen LogP contribution >= 0.6 is 0 Å². The van der Waals surface area contributed by atoms with Gasteiger partial charge in [-0.1, -0.05) is 30.3 Å². The topological polar surface area (TPSA) is 47.1 Å². The van der Waals surface area contributed by atoms with E-state index in [0.717, 1.165) is 29.4 Å². The molecule has 1 N–H and O–H groups in total. The third-order valence-electron chi connectivity index (χ3n) is 2.93. The quantitative estimate of drug-likeness (QED) is 0.755. The molecule has 0 spiro atoms. The summed E-state index contributed by atoms with van der Waals surface area (Å²) in [5, 5.41) is 7.66. The van der Waals surface area contributed by atoms with Crippen LogP contribution in [-0.2, 0) is 13.6 Å². The number of hydrogen-bond acceptors (Lipinski definition) is 3. The van der Waals surface area contributed by atoms with Gasteiger partial charge >= 0.3 is 0 Å². The van der Waals surface area contributed by atoms with Gasteiger partial charge in [-0.05, 0) is 7.05 Å². The van der Waals surface area contributed by atoms with Crippen molar-refractivity contribution in [2.24, 2.45) is 7.05 Å². The molecule has 0 amide bonds. The molecule has 5 nitrogen and oxygen atoms in total. The van der Waals surface area contributed by atoms with Gasteiger partial charge < -0.3 is 5.32 Å². The Kier molecular flexibility index (Phi) is 2.60. The van der Waals surface area contributed by atoms with Crippen molar-refractivity contribution in [3.8, 4) is 11.4 Å². The molecule has 2 aromatic heterocycles. The third-order valence-corrected chi connectivity index (χ3v) is 2.93. The molecular weight excluding hydrogens is 226 g/mol. The molecule has 0 aliphatic carbocycles. The van der Waals surface area contributed by atoms with E-state index in [9.17, 15) is 0 Å². The summed E-state index contributed by atoms with van der Waals surface area (Å²) in [6.07, 6.45) is 1.96. The van der Waals surface area contributed by atoms with Gasteiger partial charge in [-0.15, -0.1) is 5.10 Å². The Morgan fingerprint density at radius 1 is 1.22 bits per heavy atom. The first kappa shape index (κ1) is 11.0. The highest BCUT2D eigenvalue weighted by Gasteiger charge is 2.12. The lowest BCUT2D eigenvalue weighted by Crippen LogP contribution is -2.05. The highest BCUT2D eigenvalue weighted by Crippen LogP contribution is 2.18. The number of nitrogens with one attached hydrogen (secondary N) is 1. The molecule has 2 heterocycles. The number of rotatable bonds is 3. The Morgan fingerprint density at radius 2 is 2.00 bits per heavy atom. The van der Waals surface area contributed by atoms with Crippen LogP contribution in [-0.4, -0.2) is 26.2 Å². The van der Waals surface area contributed by atoms with Gasteiger partial charge in [-0.2, -0.15) is 0 Å². The number of aryl methyl sites for hydroxylation is 1. The Labute approximate surface area is 105 Å². The van der Waals surface area contributed by atoms with Gasteiger partial charge in [0, 0.05) is 19.2 Å². The molecule has 3 aromatic rings. The van der Waals surface area contributed by atoms with Crippen LogP contribution < -0.4 is 5.32 Å². The van der Waals surface area contributed by atoms with Crippen molar-refractivity contribution in [1.82, 2.24) is 24.5 Å². The number of benzene rings is 1. The summed E-state index contributed by atoms with van der Waals surface area (Å²) >= 11 is 0. The minimum absolute atomic E-state index is 0.754. The molecular formula is C13H15N5. The number of fused-ring (bicyclic) bond motifs is 1. The predicted molar refractivity (Wildman–Crippen MR) is 70.2 cm³/mol. The molecule has 0 radical (unpaired) electrons. The lowest BCUT2D eigenvalue weighted by molar-refractivity contribution is 0.792. The average Bonchev–Trinajstić information content (AvgIpc) is 2.91. The molecule has 0 aliphatic heterocycles. The van der Waals surface area contributed by atoms with Crippen LogP contribution in [0.2, 0.25) is 0 Å². The second kappa shape index (κ2) is 4.27. The normalized spacial score (nSPS) is 11.2. The van der Waals surface area contributed by atoms with Gasteiger partial charge in [0.2, 0.25) is 5.78 Å². The van der Waals surface area contributed by atoms with Crippen LogP contribution in [0, 0.1) is 0 Å². The average molecular weight is 241 g/mol. The van der Waals surface area contributed by atoms with Gasteiger partial charge in [0.1, 0.15) is 0 Å². The molecule has 0 saturated carbocycles. The summed E-state index contributed by atoms with van der Waals surface area (Å²) in [5.41, 5.74) is 2.09. The van der Waals surface area contributed by atoms with Crippen LogP contribution in [0.25, 0.3) is 17.2 Å². The summed E-state index contributed by atoms with van der Waals surface area (Å²) in [5.74, 6) is 1.79. The van der Waals surface area contributed by atoms with E-state index in [0.29, 0.717) is 0 Å². The van der Waals surface area contributed by atoms with Crippen LogP contribution in [0.5, 0.6) is 0 Å². The predicted octanol–water partition coefficient (Wildman–Crippen LogP) is 1.45. The van der Waals surface area contributed by atoms with E-state index in [1.165, 1.54) is 0 Å². The van der Waals surface area contributed by atoms with E-state index in [1.54, 1.807) is 0 Å². The Balaban J connectivity index is 2.10. The van der Waals surface area contributed by atoms with Crippen LogP contribution in [0.3, 0.4) is 0 Å². The van der Waals surface area contributed by atoms with Crippen LogP contribution in [0.4, 0.5) is 0 Å². The highest BCUT2D eigenvalue weighted by molar-refractivity contribution is 5.58. The second-order valence-corrected chi connectivity index (χ2v) is 4.26. The molecule has 0 saturated heterocycles. The summed E-state index contributed by atoms with van der Waals surface area (Å²) in [6.45, 7) is 0.754. The molecule has 1 aromatic carbocycles. The number of aromatic nitrogens is 4. The Bertz CT molecular complexity index is 665. The fourth-order valence-electron chi connectivity index (χ4n) is 2.08. The number of nitrogens with zero attached hydrogens (tertiary/aromatic N) is 4. The first-order chi connectivity index (χ1) is 8.79. The SMILES string of the molecule is CNCc1cn2nc(-c3ccccc3)n(C)c2n1. The number of imidazole rings is 1. The minimum atomic E-state index is 0.754. The van der Waals surface area contributed by atoms with Gasteiger partial charge in [-0.25, -0.2) is 9.50 Å². The van der Waals surface area contributed by atoms with Crippen molar-refractivity contribution in [2.75, 3.05) is 7.05 Å². The molecule has 0 unspecified atom stereocenters. The van der Waals surface area contributed by atoms with Crippen molar-refractivity contribution in [3.05, 3.63) is 42.2 Å². The lowest BCUT2D eigenvalue weighted by atomic mass is 10.2. The molecule has 3 rings (SSSR count). The molecule has 5 heteroatoms. The van der Waals surface area contributed by atoms with E-state index in [4.69, 9.17) is 0 Å². The Hall–Kier alpha value is -2.14. The molecule has 0 bridgehead atoms. The highest BCUT2D eigenvalue weighted by atomic mass is 15.4. The summed E-state index contributed by atoms with van der Waals surface area (Å²) in [6, 6.07) is 10.1. The van der Waals surface area contributed by atoms with E-state index in [2.05, 4.69) is 27.5 Å². The third kappa shape index (κ3) is 1.69. The maximum absolute atomic E-state index is 4.57. The fraction of sp³-hybridized carbons (Fsp3) is 0.231. The minimum Gasteiger partial charge on any atom is -0.314 e. The first-order valence-electron chi connectivity index (χ1n) is 5.90. The van der Waals surface area contributed by atoms with Crippen molar-refractivity contribution in [2.45, 2.75) is 6.54 Å². The monoisotopic (exact) mass is 241 g/mol. The van der Waals surface area contributed by atoms with Gasteiger partial charge in [0.15, 0.2) is 5.82 Å². The largest absolute Gasteiger partial charge is 0.314 e.